The first-order chi connectivity index (χ1) is 8.97. The summed E-state index contributed by atoms with van der Waals surface area (Å²) in [6.45, 7) is 3.68. The standard InChI is InChI=1S/C14H15BrN2O2/c1-9(2)17-14(18)11(8-16)6-10-7-12(15)4-5-13(10)19-3/h4-7,9H,1-3H3,(H,17,18)/b11-6-. The quantitative estimate of drug-likeness (QED) is 0.684. The maximum absolute atomic E-state index is 11.8. The second kappa shape index (κ2) is 6.95. The summed E-state index contributed by atoms with van der Waals surface area (Å²) < 4.78 is 6.05. The van der Waals surface area contributed by atoms with Crippen LogP contribution in [-0.2, 0) is 4.79 Å². The van der Waals surface area contributed by atoms with Crippen molar-refractivity contribution in [3.8, 4) is 11.8 Å². The van der Waals surface area contributed by atoms with Crippen molar-refractivity contribution in [2.75, 3.05) is 7.11 Å². The van der Waals surface area contributed by atoms with Crippen LogP contribution in [0.3, 0.4) is 0 Å². The molecule has 1 aromatic carbocycles. The Morgan fingerprint density at radius 1 is 1.53 bits per heavy atom. The van der Waals surface area contributed by atoms with Gasteiger partial charge >= 0.3 is 0 Å². The molecule has 100 valence electrons. The fraction of sp³-hybridized carbons (Fsp3) is 0.286. The van der Waals surface area contributed by atoms with Crippen molar-refractivity contribution in [2.24, 2.45) is 0 Å². The van der Waals surface area contributed by atoms with E-state index >= 15 is 0 Å². The molecule has 1 N–H and O–H groups in total. The zero-order valence-corrected chi connectivity index (χ0v) is 12.6. The Morgan fingerprint density at radius 3 is 2.74 bits per heavy atom. The summed E-state index contributed by atoms with van der Waals surface area (Å²) >= 11 is 3.35. The Kier molecular flexibility index (Phi) is 5.58. The van der Waals surface area contributed by atoms with Gasteiger partial charge in [-0.25, -0.2) is 0 Å². The van der Waals surface area contributed by atoms with Crippen molar-refractivity contribution in [3.63, 3.8) is 0 Å². The third-order valence-corrected chi connectivity index (χ3v) is 2.77. The number of hydrogen-bond donors (Lipinski definition) is 1. The average molecular weight is 323 g/mol. The van der Waals surface area contributed by atoms with Gasteiger partial charge in [-0.15, -0.1) is 0 Å². The predicted octanol–water partition coefficient (Wildman–Crippen LogP) is 2.89. The predicted molar refractivity (Wildman–Crippen MR) is 77.6 cm³/mol. The van der Waals surface area contributed by atoms with Gasteiger partial charge in [0.05, 0.1) is 7.11 Å². The lowest BCUT2D eigenvalue weighted by Crippen LogP contribution is -2.30. The van der Waals surface area contributed by atoms with Crippen LogP contribution in [0.1, 0.15) is 19.4 Å². The van der Waals surface area contributed by atoms with E-state index in [4.69, 9.17) is 10.00 Å². The molecule has 19 heavy (non-hydrogen) atoms. The van der Waals surface area contributed by atoms with Crippen molar-refractivity contribution >= 4 is 27.9 Å². The lowest BCUT2D eigenvalue weighted by molar-refractivity contribution is -0.117. The van der Waals surface area contributed by atoms with Gasteiger partial charge in [0.25, 0.3) is 5.91 Å². The summed E-state index contributed by atoms with van der Waals surface area (Å²) in [6, 6.07) is 7.27. The second-order valence-corrected chi connectivity index (χ2v) is 5.10. The van der Waals surface area contributed by atoms with E-state index in [9.17, 15) is 4.79 Å². The lowest BCUT2D eigenvalue weighted by Gasteiger charge is -2.08. The van der Waals surface area contributed by atoms with E-state index in [2.05, 4.69) is 21.2 Å². The molecular formula is C14H15BrN2O2. The number of carbonyl (C=O) groups is 1. The number of carbonyl (C=O) groups excluding carboxylic acids is 1. The highest BCUT2D eigenvalue weighted by Crippen LogP contribution is 2.25. The zero-order valence-electron chi connectivity index (χ0n) is 11.0. The highest BCUT2D eigenvalue weighted by Gasteiger charge is 2.11. The SMILES string of the molecule is COc1ccc(Br)cc1/C=C(/C#N)C(=O)NC(C)C. The molecule has 0 aromatic heterocycles. The van der Waals surface area contributed by atoms with Crippen LogP contribution in [0.15, 0.2) is 28.2 Å². The molecule has 5 heteroatoms. The monoisotopic (exact) mass is 322 g/mol. The van der Waals surface area contributed by atoms with Crippen LogP contribution in [0.5, 0.6) is 5.75 Å². The molecule has 1 aromatic rings. The van der Waals surface area contributed by atoms with Gasteiger partial charge in [-0.05, 0) is 38.1 Å². The summed E-state index contributed by atoms with van der Waals surface area (Å²) in [7, 11) is 1.54. The summed E-state index contributed by atoms with van der Waals surface area (Å²) in [5.41, 5.74) is 0.720. The number of hydrogen-bond acceptors (Lipinski definition) is 3. The van der Waals surface area contributed by atoms with Gasteiger partial charge in [0.2, 0.25) is 0 Å². The number of nitrogens with one attached hydrogen (secondary N) is 1. The largest absolute Gasteiger partial charge is 0.496 e. The Morgan fingerprint density at radius 2 is 2.21 bits per heavy atom. The molecule has 0 saturated carbocycles. The van der Waals surface area contributed by atoms with Gasteiger partial charge in [-0.1, -0.05) is 15.9 Å². The van der Waals surface area contributed by atoms with E-state index in [0.29, 0.717) is 11.3 Å². The number of methoxy groups -OCH3 is 1. The number of nitrogens with zero attached hydrogens (tertiary/aromatic N) is 1. The van der Waals surface area contributed by atoms with Crippen molar-refractivity contribution in [3.05, 3.63) is 33.8 Å². The molecule has 0 heterocycles. The summed E-state index contributed by atoms with van der Waals surface area (Å²) in [5.74, 6) is 0.216. The Hall–Kier alpha value is -1.80. The average Bonchev–Trinajstić information content (AvgIpc) is 2.35. The van der Waals surface area contributed by atoms with Crippen LogP contribution in [0.25, 0.3) is 6.08 Å². The van der Waals surface area contributed by atoms with Gasteiger partial charge in [-0.3, -0.25) is 4.79 Å². The minimum atomic E-state index is -0.389. The van der Waals surface area contributed by atoms with Gasteiger partial charge < -0.3 is 10.1 Å². The van der Waals surface area contributed by atoms with E-state index in [-0.39, 0.29) is 17.5 Å². The minimum absolute atomic E-state index is 0.0198. The maximum atomic E-state index is 11.8. The fourth-order valence-electron chi connectivity index (χ4n) is 1.46. The Bertz CT molecular complexity index is 545. The van der Waals surface area contributed by atoms with Crippen LogP contribution in [0.2, 0.25) is 0 Å². The maximum Gasteiger partial charge on any atom is 0.262 e. The molecule has 1 amide bonds. The van der Waals surface area contributed by atoms with Crippen LogP contribution in [-0.4, -0.2) is 19.1 Å². The molecule has 4 nitrogen and oxygen atoms in total. The van der Waals surface area contributed by atoms with E-state index in [1.54, 1.807) is 19.2 Å². The van der Waals surface area contributed by atoms with Gasteiger partial charge in [0, 0.05) is 16.1 Å². The topological polar surface area (TPSA) is 62.1 Å². The molecule has 1 rings (SSSR count). The lowest BCUT2D eigenvalue weighted by atomic mass is 10.1. The van der Waals surface area contributed by atoms with Crippen LogP contribution in [0, 0.1) is 11.3 Å². The van der Waals surface area contributed by atoms with Gasteiger partial charge in [-0.2, -0.15) is 5.26 Å². The molecule has 0 fully saturated rings. The van der Waals surface area contributed by atoms with Crippen LogP contribution < -0.4 is 10.1 Å². The Balaban J connectivity index is 3.14. The summed E-state index contributed by atoms with van der Waals surface area (Å²) in [5, 5.41) is 11.8. The third kappa shape index (κ3) is 4.42. The van der Waals surface area contributed by atoms with Gasteiger partial charge in [0.1, 0.15) is 17.4 Å². The van der Waals surface area contributed by atoms with Crippen LogP contribution in [0.4, 0.5) is 0 Å². The molecule has 0 saturated heterocycles. The highest BCUT2D eigenvalue weighted by molar-refractivity contribution is 9.10. The van der Waals surface area contributed by atoms with Crippen LogP contribution >= 0.6 is 15.9 Å². The molecule has 0 spiro atoms. The summed E-state index contributed by atoms with van der Waals surface area (Å²) in [4.78, 5) is 11.8. The first-order valence-corrected chi connectivity index (χ1v) is 6.53. The number of halogens is 1. The van der Waals surface area contributed by atoms with E-state index in [1.807, 2.05) is 26.0 Å². The smallest absolute Gasteiger partial charge is 0.262 e. The van der Waals surface area contributed by atoms with Crippen molar-refractivity contribution < 1.29 is 9.53 Å². The number of amides is 1. The molecular weight excluding hydrogens is 308 g/mol. The summed E-state index contributed by atoms with van der Waals surface area (Å²) in [6.07, 6.45) is 1.52. The normalized spacial score (nSPS) is 11.1. The number of benzene rings is 1. The minimum Gasteiger partial charge on any atom is -0.496 e. The molecule has 0 aliphatic carbocycles. The molecule has 0 aliphatic rings. The molecule has 0 unspecified atom stereocenters. The first kappa shape index (κ1) is 15.3. The van der Waals surface area contributed by atoms with Crippen molar-refractivity contribution in [1.29, 1.82) is 5.26 Å². The van der Waals surface area contributed by atoms with E-state index in [1.165, 1.54) is 6.08 Å². The Labute approximate surface area is 121 Å². The van der Waals surface area contributed by atoms with Crippen molar-refractivity contribution in [2.45, 2.75) is 19.9 Å². The molecule has 0 bridgehead atoms. The fourth-order valence-corrected chi connectivity index (χ4v) is 1.84. The number of ether oxygens (including phenoxy) is 1. The third-order valence-electron chi connectivity index (χ3n) is 2.28. The van der Waals surface area contributed by atoms with Crippen molar-refractivity contribution in [1.82, 2.24) is 5.32 Å². The molecule has 0 radical (unpaired) electrons. The number of rotatable bonds is 4. The highest BCUT2D eigenvalue weighted by atomic mass is 79.9. The zero-order chi connectivity index (χ0) is 14.4. The molecule has 0 aliphatic heterocycles. The van der Waals surface area contributed by atoms with Gasteiger partial charge in [0.15, 0.2) is 0 Å². The number of nitriles is 1. The second-order valence-electron chi connectivity index (χ2n) is 4.18. The van der Waals surface area contributed by atoms with E-state index < -0.39 is 0 Å². The molecule has 0 atom stereocenters. The first-order valence-electron chi connectivity index (χ1n) is 5.74. The van der Waals surface area contributed by atoms with E-state index in [0.717, 1.165) is 4.47 Å².